The van der Waals surface area contributed by atoms with Gasteiger partial charge in [0, 0.05) is 12.3 Å². The molecule has 3 aromatic rings. The van der Waals surface area contributed by atoms with Crippen LogP contribution in [0.25, 0.3) is 11.1 Å². The van der Waals surface area contributed by atoms with Crippen LogP contribution in [-0.4, -0.2) is 29.8 Å². The first-order valence-corrected chi connectivity index (χ1v) is 12.5. The van der Waals surface area contributed by atoms with Crippen molar-refractivity contribution in [3.63, 3.8) is 0 Å². The zero-order chi connectivity index (χ0) is 24.9. The summed E-state index contributed by atoms with van der Waals surface area (Å²) in [6.45, 7) is 1.26. The average molecular weight is 481 g/mol. The molecule has 2 aliphatic rings. The minimum atomic E-state index is -0.300. The van der Waals surface area contributed by atoms with Gasteiger partial charge in [0.2, 0.25) is 0 Å². The van der Waals surface area contributed by atoms with Crippen molar-refractivity contribution in [2.75, 3.05) is 18.5 Å². The van der Waals surface area contributed by atoms with Crippen molar-refractivity contribution in [2.45, 2.75) is 51.2 Å². The van der Waals surface area contributed by atoms with Gasteiger partial charge in [-0.1, -0.05) is 24.3 Å². The number of nitriles is 2. The van der Waals surface area contributed by atoms with E-state index in [9.17, 15) is 10.1 Å². The summed E-state index contributed by atoms with van der Waals surface area (Å²) < 4.78 is 13.7. The molecule has 1 unspecified atom stereocenters. The number of nitrogens with zero attached hydrogens (tertiary/aromatic N) is 3. The van der Waals surface area contributed by atoms with Crippen molar-refractivity contribution in [3.05, 3.63) is 70.9 Å². The van der Waals surface area contributed by atoms with E-state index in [4.69, 9.17) is 14.7 Å². The molecule has 0 saturated carbocycles. The summed E-state index contributed by atoms with van der Waals surface area (Å²) in [7, 11) is 0. The van der Waals surface area contributed by atoms with Gasteiger partial charge in [-0.25, -0.2) is 0 Å². The van der Waals surface area contributed by atoms with Crippen molar-refractivity contribution in [1.82, 2.24) is 4.57 Å². The van der Waals surface area contributed by atoms with Crippen LogP contribution in [-0.2, 0) is 28.9 Å². The predicted molar refractivity (Wildman–Crippen MR) is 135 cm³/mol. The maximum absolute atomic E-state index is 12.9. The fourth-order valence-corrected chi connectivity index (χ4v) is 5.11. The maximum atomic E-state index is 12.9. The number of nitrogens with one attached hydrogen (secondary N) is 1. The first-order valence-electron chi connectivity index (χ1n) is 12.5. The summed E-state index contributed by atoms with van der Waals surface area (Å²) >= 11 is 0. The standard InChI is InChI=1S/C29H28N4O3/c30-16-20-7-9-21(10-8-20)22-11-13-23(14-12-22)36-19-28(34)32-29-26(17-31)25-5-1-2-6-27(25)33(29)18-24-4-3-15-35-24/h7-14,24H,1-6,15,18-19H2,(H,32,34). The molecule has 2 heterocycles. The number of hydrogen-bond donors (Lipinski definition) is 1. The Bertz CT molecular complexity index is 1320. The molecule has 1 N–H and O–H groups in total. The molecule has 1 aromatic heterocycles. The summed E-state index contributed by atoms with van der Waals surface area (Å²) in [5, 5.41) is 21.9. The Hall–Kier alpha value is -4.07. The second-order valence-corrected chi connectivity index (χ2v) is 9.26. The number of carbonyl (C=O) groups excluding carboxylic acids is 1. The predicted octanol–water partition coefficient (Wildman–Crippen LogP) is 4.97. The smallest absolute Gasteiger partial charge is 0.263 e. The molecule has 1 aliphatic heterocycles. The zero-order valence-electron chi connectivity index (χ0n) is 20.1. The van der Waals surface area contributed by atoms with E-state index in [1.54, 1.807) is 12.1 Å². The highest BCUT2D eigenvalue weighted by molar-refractivity contribution is 5.93. The normalized spacial score (nSPS) is 16.6. The number of amides is 1. The number of hydrogen-bond acceptors (Lipinski definition) is 5. The topological polar surface area (TPSA) is 100 Å². The van der Waals surface area contributed by atoms with Gasteiger partial charge in [-0.05, 0) is 79.5 Å². The molecule has 1 aliphatic carbocycles. The summed E-state index contributed by atoms with van der Waals surface area (Å²) in [4.78, 5) is 12.9. The van der Waals surface area contributed by atoms with Crippen LogP contribution in [0.1, 0.15) is 48.1 Å². The number of benzene rings is 2. The van der Waals surface area contributed by atoms with Gasteiger partial charge >= 0.3 is 0 Å². The molecule has 36 heavy (non-hydrogen) atoms. The molecule has 0 spiro atoms. The van der Waals surface area contributed by atoms with Gasteiger partial charge in [-0.2, -0.15) is 10.5 Å². The second-order valence-electron chi connectivity index (χ2n) is 9.26. The number of rotatable bonds is 7. The lowest BCUT2D eigenvalue weighted by molar-refractivity contribution is -0.118. The van der Waals surface area contributed by atoms with Gasteiger partial charge < -0.3 is 19.4 Å². The molecule has 182 valence electrons. The van der Waals surface area contributed by atoms with E-state index in [0.717, 1.165) is 67.5 Å². The highest BCUT2D eigenvalue weighted by Crippen LogP contribution is 2.34. The average Bonchev–Trinajstić information content (AvgIpc) is 3.54. The zero-order valence-corrected chi connectivity index (χ0v) is 20.1. The molecule has 1 atom stereocenters. The first kappa shape index (κ1) is 23.7. The Kier molecular flexibility index (Phi) is 7.02. The van der Waals surface area contributed by atoms with Crippen molar-refractivity contribution >= 4 is 11.7 Å². The van der Waals surface area contributed by atoms with Crippen LogP contribution in [0, 0.1) is 22.7 Å². The Morgan fingerprint density at radius 3 is 2.39 bits per heavy atom. The second kappa shape index (κ2) is 10.7. The van der Waals surface area contributed by atoms with Crippen LogP contribution < -0.4 is 10.1 Å². The molecule has 5 rings (SSSR count). The molecular formula is C29H28N4O3. The van der Waals surface area contributed by atoms with Gasteiger partial charge in [0.25, 0.3) is 5.91 Å². The third-order valence-electron chi connectivity index (χ3n) is 6.92. The van der Waals surface area contributed by atoms with Gasteiger partial charge in [-0.3, -0.25) is 4.79 Å². The van der Waals surface area contributed by atoms with E-state index >= 15 is 0 Å². The molecule has 7 nitrogen and oxygen atoms in total. The molecule has 2 aromatic carbocycles. The minimum Gasteiger partial charge on any atom is -0.484 e. The number of fused-ring (bicyclic) bond motifs is 1. The Morgan fingerprint density at radius 2 is 1.72 bits per heavy atom. The number of carbonyl (C=O) groups is 1. The number of aromatic nitrogens is 1. The number of ether oxygens (including phenoxy) is 2. The minimum absolute atomic E-state index is 0.108. The summed E-state index contributed by atoms with van der Waals surface area (Å²) in [6.07, 6.45) is 6.05. The van der Waals surface area contributed by atoms with Crippen LogP contribution in [0.15, 0.2) is 48.5 Å². The highest BCUT2D eigenvalue weighted by Gasteiger charge is 2.28. The van der Waals surface area contributed by atoms with Gasteiger partial charge in [0.05, 0.1) is 29.8 Å². The van der Waals surface area contributed by atoms with Crippen molar-refractivity contribution in [1.29, 1.82) is 10.5 Å². The van der Waals surface area contributed by atoms with Crippen LogP contribution in [0.3, 0.4) is 0 Å². The van der Waals surface area contributed by atoms with Crippen molar-refractivity contribution in [2.24, 2.45) is 0 Å². The van der Waals surface area contributed by atoms with Crippen molar-refractivity contribution < 1.29 is 14.3 Å². The van der Waals surface area contributed by atoms with E-state index in [0.29, 0.717) is 29.2 Å². The van der Waals surface area contributed by atoms with Crippen LogP contribution in [0.5, 0.6) is 5.75 Å². The van der Waals surface area contributed by atoms with Crippen LogP contribution in [0.4, 0.5) is 5.82 Å². The molecular weight excluding hydrogens is 452 g/mol. The van der Waals surface area contributed by atoms with E-state index in [-0.39, 0.29) is 18.6 Å². The van der Waals surface area contributed by atoms with Gasteiger partial charge in [0.1, 0.15) is 17.6 Å². The molecule has 7 heteroatoms. The fraction of sp³-hybridized carbons (Fsp3) is 0.345. The SMILES string of the molecule is N#Cc1ccc(-c2ccc(OCC(=O)Nc3c(C#N)c4c(n3CC3CCCO3)CCCC4)cc2)cc1. The highest BCUT2D eigenvalue weighted by atomic mass is 16.5. The quantitative estimate of drug-likeness (QED) is 0.514. The van der Waals surface area contributed by atoms with Crippen LogP contribution in [0.2, 0.25) is 0 Å². The third-order valence-corrected chi connectivity index (χ3v) is 6.92. The van der Waals surface area contributed by atoms with Gasteiger partial charge in [-0.15, -0.1) is 0 Å². The van der Waals surface area contributed by atoms with Crippen LogP contribution >= 0.6 is 0 Å². The lowest BCUT2D eigenvalue weighted by Crippen LogP contribution is -2.25. The van der Waals surface area contributed by atoms with E-state index in [1.807, 2.05) is 36.4 Å². The molecule has 0 radical (unpaired) electrons. The molecule has 1 fully saturated rings. The van der Waals surface area contributed by atoms with E-state index in [2.05, 4.69) is 22.0 Å². The Labute approximate surface area is 210 Å². The summed E-state index contributed by atoms with van der Waals surface area (Å²) in [5.41, 5.74) is 5.40. The van der Waals surface area contributed by atoms with E-state index in [1.165, 1.54) is 0 Å². The molecule has 1 amide bonds. The van der Waals surface area contributed by atoms with Crippen molar-refractivity contribution in [3.8, 4) is 29.0 Å². The summed E-state index contributed by atoms with van der Waals surface area (Å²) in [6, 6.07) is 19.3. The molecule has 0 bridgehead atoms. The van der Waals surface area contributed by atoms with E-state index < -0.39 is 0 Å². The Morgan fingerprint density at radius 1 is 1.00 bits per heavy atom. The third kappa shape index (κ3) is 4.98. The largest absolute Gasteiger partial charge is 0.484 e. The monoisotopic (exact) mass is 480 g/mol. The number of anilines is 1. The lowest BCUT2D eigenvalue weighted by atomic mass is 9.95. The molecule has 1 saturated heterocycles. The van der Waals surface area contributed by atoms with Gasteiger partial charge in [0.15, 0.2) is 6.61 Å². The first-order chi connectivity index (χ1) is 17.7. The maximum Gasteiger partial charge on any atom is 0.263 e. The Balaban J connectivity index is 1.27. The fourth-order valence-electron chi connectivity index (χ4n) is 5.11. The summed E-state index contributed by atoms with van der Waals surface area (Å²) in [5.74, 6) is 0.854. The lowest BCUT2D eigenvalue weighted by Gasteiger charge is -2.20.